The van der Waals surface area contributed by atoms with Crippen molar-refractivity contribution < 1.29 is 22.0 Å². The molecule has 7 heteroatoms. The number of hydrogen-bond acceptors (Lipinski definition) is 0. The van der Waals surface area contributed by atoms with Crippen LogP contribution in [0.5, 0.6) is 0 Å². The molecule has 2 atom stereocenters. The van der Waals surface area contributed by atoms with Crippen LogP contribution in [0.3, 0.4) is 0 Å². The summed E-state index contributed by atoms with van der Waals surface area (Å²) in [5.74, 6) is 0. The van der Waals surface area contributed by atoms with Crippen molar-refractivity contribution in [2.75, 3.05) is 0 Å². The highest BCUT2D eigenvalue weighted by Crippen LogP contribution is 2.52. The monoisotopic (exact) mass is 316 g/mol. The van der Waals surface area contributed by atoms with Crippen molar-refractivity contribution in [1.82, 2.24) is 0 Å². The Morgan fingerprint density at radius 3 is 1.42 bits per heavy atom. The molecule has 0 saturated heterocycles. The van der Waals surface area contributed by atoms with Crippen molar-refractivity contribution in [2.45, 2.75) is 15.3 Å². The maximum absolute atomic E-state index is 12.8. The third-order valence-corrected chi connectivity index (χ3v) is 3.46. The van der Waals surface area contributed by atoms with Gasteiger partial charge < -0.3 is 0 Å². The minimum Gasteiger partial charge on any atom is -0.222 e. The molecule has 2 unspecified atom stereocenters. The zero-order valence-corrected chi connectivity index (χ0v) is 8.60. The van der Waals surface area contributed by atoms with Crippen LogP contribution < -0.4 is 0 Å². The highest BCUT2D eigenvalue weighted by atomic mass is 79.9. The van der Waals surface area contributed by atoms with Gasteiger partial charge in [-0.25, -0.2) is 8.78 Å². The van der Waals surface area contributed by atoms with Crippen LogP contribution in [-0.2, 0) is 0 Å². The van der Waals surface area contributed by atoms with Gasteiger partial charge >= 0.3 is 10.8 Å². The Bertz CT molecular complexity index is 183. The van der Waals surface area contributed by atoms with Gasteiger partial charge in [0, 0.05) is 0 Å². The van der Waals surface area contributed by atoms with E-state index in [-0.39, 0.29) is 6.08 Å². The smallest absolute Gasteiger partial charge is 0.222 e. The SMILES string of the molecule is C=CC(F)(Br)C(F)(Br)C(F)(F)F. The summed E-state index contributed by atoms with van der Waals surface area (Å²) < 4.78 is 53.2. The van der Waals surface area contributed by atoms with E-state index >= 15 is 0 Å². The van der Waals surface area contributed by atoms with Crippen LogP contribution in [0.2, 0.25) is 0 Å². The van der Waals surface area contributed by atoms with Gasteiger partial charge in [0.1, 0.15) is 0 Å². The molecule has 0 radical (unpaired) electrons. The van der Waals surface area contributed by atoms with Gasteiger partial charge in [-0.1, -0.05) is 6.58 Å². The molecule has 0 bridgehead atoms. The number of halogens is 7. The molecule has 0 rings (SSSR count). The van der Waals surface area contributed by atoms with E-state index in [0.29, 0.717) is 0 Å². The first kappa shape index (κ1) is 12.3. The Morgan fingerprint density at radius 1 is 1.00 bits per heavy atom. The molecule has 0 nitrogen and oxygen atoms in total. The molecule has 12 heavy (non-hydrogen) atoms. The van der Waals surface area contributed by atoms with Crippen LogP contribution in [-0.4, -0.2) is 15.3 Å². The predicted molar refractivity (Wildman–Crippen MR) is 41.8 cm³/mol. The minimum atomic E-state index is -5.36. The van der Waals surface area contributed by atoms with Crippen molar-refractivity contribution in [1.29, 1.82) is 0 Å². The molecule has 0 aromatic carbocycles. The van der Waals surface area contributed by atoms with E-state index in [0.717, 1.165) is 0 Å². The summed E-state index contributed by atoms with van der Waals surface area (Å²) in [5.41, 5.74) is 0. The fourth-order valence-corrected chi connectivity index (χ4v) is 0.704. The van der Waals surface area contributed by atoms with Crippen LogP contribution in [0.4, 0.5) is 22.0 Å². The zero-order chi connectivity index (χ0) is 10.2. The lowest BCUT2D eigenvalue weighted by molar-refractivity contribution is -0.207. The predicted octanol–water partition coefficient (Wildman–Crippen LogP) is 3.86. The molecule has 0 aliphatic rings. The standard InChI is InChI=1S/C5H3Br2F5/c1-2-3(6,8)4(7,9)5(10,11)12/h2H,1H2. The van der Waals surface area contributed by atoms with Crippen molar-refractivity contribution in [2.24, 2.45) is 0 Å². The molecular weight excluding hydrogens is 315 g/mol. The highest BCUT2D eigenvalue weighted by molar-refractivity contribution is 9.12. The van der Waals surface area contributed by atoms with E-state index in [1.165, 1.54) is 0 Å². The summed E-state index contributed by atoms with van der Waals surface area (Å²) in [7, 11) is 0. The lowest BCUT2D eigenvalue weighted by Crippen LogP contribution is -2.48. The summed E-state index contributed by atoms with van der Waals surface area (Å²) in [6.45, 7) is 2.72. The molecule has 0 saturated carbocycles. The third-order valence-electron chi connectivity index (χ3n) is 1.03. The van der Waals surface area contributed by atoms with Crippen LogP contribution >= 0.6 is 31.9 Å². The lowest BCUT2D eigenvalue weighted by atomic mass is 10.2. The van der Waals surface area contributed by atoms with Crippen molar-refractivity contribution in [3.63, 3.8) is 0 Å². The summed E-state index contributed by atoms with van der Waals surface area (Å²) >= 11 is 3.51. The van der Waals surface area contributed by atoms with Gasteiger partial charge in [0.15, 0.2) is 0 Å². The van der Waals surface area contributed by atoms with E-state index in [1.54, 1.807) is 15.9 Å². The van der Waals surface area contributed by atoms with Crippen molar-refractivity contribution in [3.05, 3.63) is 12.7 Å². The van der Waals surface area contributed by atoms with Gasteiger partial charge in [0.05, 0.1) is 0 Å². The number of hydrogen-bond donors (Lipinski definition) is 0. The topological polar surface area (TPSA) is 0 Å². The summed E-state index contributed by atoms with van der Waals surface area (Å²) in [6.07, 6.45) is -5.19. The average Bonchev–Trinajstić information content (AvgIpc) is 1.85. The zero-order valence-electron chi connectivity index (χ0n) is 5.43. The summed E-state index contributed by atoms with van der Waals surface area (Å²) in [4.78, 5) is 0. The van der Waals surface area contributed by atoms with Crippen molar-refractivity contribution >= 4 is 31.9 Å². The second kappa shape index (κ2) is 3.25. The second-order valence-electron chi connectivity index (χ2n) is 1.90. The van der Waals surface area contributed by atoms with Crippen molar-refractivity contribution in [3.8, 4) is 0 Å². The molecule has 0 aliphatic carbocycles. The molecule has 0 fully saturated rings. The van der Waals surface area contributed by atoms with Crippen LogP contribution in [0.25, 0.3) is 0 Å². The largest absolute Gasteiger partial charge is 0.437 e. The molecule has 0 heterocycles. The van der Waals surface area contributed by atoms with E-state index in [9.17, 15) is 22.0 Å². The first-order valence-corrected chi connectivity index (χ1v) is 4.11. The number of rotatable bonds is 2. The van der Waals surface area contributed by atoms with Gasteiger partial charge in [0.25, 0.3) is 0 Å². The molecule has 0 spiro atoms. The molecule has 0 aromatic heterocycles. The van der Waals surface area contributed by atoms with Crippen LogP contribution in [0.1, 0.15) is 0 Å². The Morgan fingerprint density at radius 2 is 1.33 bits per heavy atom. The van der Waals surface area contributed by atoms with E-state index in [4.69, 9.17) is 0 Å². The highest BCUT2D eigenvalue weighted by Gasteiger charge is 2.66. The second-order valence-corrected chi connectivity index (χ2v) is 4.15. The molecular formula is C5H3Br2F5. The average molecular weight is 318 g/mol. The Hall–Kier alpha value is 0.350. The molecule has 0 aliphatic heterocycles. The van der Waals surface area contributed by atoms with E-state index in [2.05, 4.69) is 6.58 Å². The maximum atomic E-state index is 12.8. The van der Waals surface area contributed by atoms with Gasteiger partial charge in [0.2, 0.25) is 4.58 Å². The first-order chi connectivity index (χ1) is 5.06. The fraction of sp³-hybridized carbons (Fsp3) is 0.600. The Balaban J connectivity index is 4.97. The molecule has 0 N–H and O–H groups in total. The van der Waals surface area contributed by atoms with Gasteiger partial charge in [-0.3, -0.25) is 0 Å². The van der Waals surface area contributed by atoms with Gasteiger partial charge in [-0.2, -0.15) is 13.2 Å². The first-order valence-electron chi connectivity index (χ1n) is 2.52. The summed E-state index contributed by atoms with van der Waals surface area (Å²) in [5, 5.41) is 0. The maximum Gasteiger partial charge on any atom is 0.437 e. The van der Waals surface area contributed by atoms with Crippen LogP contribution in [0.15, 0.2) is 12.7 Å². The van der Waals surface area contributed by atoms with Crippen LogP contribution in [0, 0.1) is 0 Å². The third kappa shape index (κ3) is 1.99. The fourth-order valence-electron chi connectivity index (χ4n) is 0.317. The molecule has 0 amide bonds. The number of allylic oxidation sites excluding steroid dienone is 1. The summed E-state index contributed by atoms with van der Waals surface area (Å²) in [6, 6.07) is 0. The molecule has 72 valence electrons. The quantitative estimate of drug-likeness (QED) is 0.412. The minimum absolute atomic E-state index is 0.176. The normalized spacial score (nSPS) is 22.6. The van der Waals surface area contributed by atoms with E-state index in [1.807, 2.05) is 15.9 Å². The lowest BCUT2D eigenvalue weighted by Gasteiger charge is -2.29. The number of alkyl halides is 7. The van der Waals surface area contributed by atoms with Gasteiger partial charge in [-0.05, 0) is 37.9 Å². The van der Waals surface area contributed by atoms with E-state index < -0.39 is 15.3 Å². The molecule has 0 aromatic rings. The Kier molecular flexibility index (Phi) is 3.34. The Labute approximate surface area is 82.1 Å². The van der Waals surface area contributed by atoms with Gasteiger partial charge in [-0.15, -0.1) is 0 Å².